The van der Waals surface area contributed by atoms with Crippen molar-refractivity contribution in [2.75, 3.05) is 37.3 Å². The molecule has 6 nitrogen and oxygen atoms in total. The first-order valence-electron chi connectivity index (χ1n) is 6.10. The molecule has 0 radical (unpaired) electrons. The van der Waals surface area contributed by atoms with Crippen LogP contribution in [-0.4, -0.2) is 47.5 Å². The van der Waals surface area contributed by atoms with E-state index in [-0.39, 0.29) is 11.8 Å². The second-order valence-corrected chi connectivity index (χ2v) is 4.89. The summed E-state index contributed by atoms with van der Waals surface area (Å²) in [6.45, 7) is 5.94. The summed E-state index contributed by atoms with van der Waals surface area (Å²) >= 11 is 0. The van der Waals surface area contributed by atoms with E-state index in [0.717, 1.165) is 17.9 Å². The molecule has 0 aromatic carbocycles. The smallest absolute Gasteiger partial charge is 0.241 e. The van der Waals surface area contributed by atoms with Gasteiger partial charge in [0.1, 0.15) is 18.0 Å². The number of carbonyl (C=O) groups excluding carboxylic acids is 1. The number of hydrogen-bond donors (Lipinski definition) is 1. The van der Waals surface area contributed by atoms with E-state index in [9.17, 15) is 4.79 Å². The molecule has 0 atom stereocenters. The lowest BCUT2D eigenvalue weighted by Gasteiger charge is -2.34. The minimum absolute atomic E-state index is 0.105. The number of anilines is 2. The second kappa shape index (κ2) is 4.80. The molecule has 1 saturated heterocycles. The molecular weight excluding hydrogens is 230 g/mol. The van der Waals surface area contributed by atoms with E-state index in [1.165, 1.54) is 6.33 Å². The van der Waals surface area contributed by atoms with Crippen molar-refractivity contribution in [3.05, 3.63) is 11.9 Å². The molecule has 6 heteroatoms. The lowest BCUT2D eigenvalue weighted by Crippen LogP contribution is -2.49. The lowest BCUT2D eigenvalue weighted by atomic mass is 10.0. The third kappa shape index (κ3) is 2.23. The monoisotopic (exact) mass is 249 g/mol. The highest BCUT2D eigenvalue weighted by atomic mass is 16.2. The third-order valence-electron chi connectivity index (χ3n) is 3.23. The van der Waals surface area contributed by atoms with Crippen LogP contribution in [0.4, 0.5) is 11.6 Å². The fraction of sp³-hybridized carbons (Fsp3) is 0.583. The van der Waals surface area contributed by atoms with Gasteiger partial charge in [0.25, 0.3) is 0 Å². The number of amides is 1. The predicted molar refractivity (Wildman–Crippen MR) is 70.4 cm³/mol. The van der Waals surface area contributed by atoms with Crippen molar-refractivity contribution in [3.8, 4) is 0 Å². The number of nitrogens with two attached hydrogens (primary N) is 1. The topological polar surface area (TPSA) is 75.3 Å². The molecule has 0 spiro atoms. The summed E-state index contributed by atoms with van der Waals surface area (Å²) in [4.78, 5) is 23.8. The van der Waals surface area contributed by atoms with Crippen molar-refractivity contribution in [1.29, 1.82) is 0 Å². The van der Waals surface area contributed by atoms with Crippen LogP contribution in [0.5, 0.6) is 0 Å². The van der Waals surface area contributed by atoms with Crippen LogP contribution in [0.2, 0.25) is 0 Å². The fourth-order valence-corrected chi connectivity index (χ4v) is 2.14. The maximum absolute atomic E-state index is 11.8. The van der Waals surface area contributed by atoms with Crippen LogP contribution in [0.1, 0.15) is 25.3 Å². The minimum Gasteiger partial charge on any atom is -0.383 e. The van der Waals surface area contributed by atoms with Crippen LogP contribution in [-0.2, 0) is 4.79 Å². The molecule has 2 rings (SSSR count). The Morgan fingerprint density at radius 2 is 2.06 bits per heavy atom. The van der Waals surface area contributed by atoms with Crippen molar-refractivity contribution >= 4 is 17.5 Å². The Morgan fingerprint density at radius 3 is 2.67 bits per heavy atom. The van der Waals surface area contributed by atoms with Gasteiger partial charge in [0.2, 0.25) is 5.91 Å². The Labute approximate surface area is 107 Å². The Hall–Kier alpha value is -1.85. The molecule has 1 aliphatic rings. The van der Waals surface area contributed by atoms with Gasteiger partial charge in [-0.3, -0.25) is 4.79 Å². The molecule has 0 bridgehead atoms. The van der Waals surface area contributed by atoms with Gasteiger partial charge in [0.15, 0.2) is 0 Å². The van der Waals surface area contributed by atoms with Gasteiger partial charge in [-0.15, -0.1) is 0 Å². The number of nitrogen functional groups attached to an aromatic ring is 1. The van der Waals surface area contributed by atoms with E-state index in [2.05, 4.69) is 23.8 Å². The number of nitrogens with zero attached hydrogens (tertiary/aromatic N) is 4. The standard InChI is InChI=1S/C12H19N5O/c1-8(2)10-11(13)14-7-15-12(10)17-5-4-16(3)9(18)6-17/h7-8H,4-6H2,1-3H3,(H2,13,14,15). The number of likely N-dealkylation sites (N-methyl/N-ethyl adjacent to an activating group) is 1. The number of hydrogen-bond acceptors (Lipinski definition) is 5. The van der Waals surface area contributed by atoms with Gasteiger partial charge < -0.3 is 15.5 Å². The highest BCUT2D eigenvalue weighted by molar-refractivity contribution is 5.82. The van der Waals surface area contributed by atoms with E-state index in [1.807, 2.05) is 11.9 Å². The second-order valence-electron chi connectivity index (χ2n) is 4.89. The quantitative estimate of drug-likeness (QED) is 0.824. The molecular formula is C12H19N5O. The zero-order chi connectivity index (χ0) is 13.3. The van der Waals surface area contributed by atoms with Crippen molar-refractivity contribution in [2.45, 2.75) is 19.8 Å². The average Bonchev–Trinajstić information content (AvgIpc) is 2.32. The van der Waals surface area contributed by atoms with Crippen LogP contribution >= 0.6 is 0 Å². The van der Waals surface area contributed by atoms with E-state index in [4.69, 9.17) is 5.73 Å². The Kier molecular flexibility index (Phi) is 3.36. The number of piperazine rings is 1. The summed E-state index contributed by atoms with van der Waals surface area (Å²) in [5, 5.41) is 0. The van der Waals surface area contributed by atoms with Gasteiger partial charge >= 0.3 is 0 Å². The molecule has 1 aliphatic heterocycles. The third-order valence-corrected chi connectivity index (χ3v) is 3.23. The zero-order valence-corrected chi connectivity index (χ0v) is 11.1. The normalized spacial score (nSPS) is 16.6. The van der Waals surface area contributed by atoms with Gasteiger partial charge in [-0.2, -0.15) is 0 Å². The molecule has 1 aromatic heterocycles. The summed E-state index contributed by atoms with van der Waals surface area (Å²) in [5.41, 5.74) is 6.84. The Balaban J connectivity index is 2.34. The SMILES string of the molecule is CC(C)c1c(N)ncnc1N1CCN(C)C(=O)C1. The van der Waals surface area contributed by atoms with Crippen molar-refractivity contribution in [1.82, 2.24) is 14.9 Å². The first-order valence-corrected chi connectivity index (χ1v) is 6.10. The van der Waals surface area contributed by atoms with Gasteiger partial charge in [0.05, 0.1) is 6.54 Å². The van der Waals surface area contributed by atoms with Gasteiger partial charge in [-0.1, -0.05) is 13.8 Å². The van der Waals surface area contributed by atoms with E-state index < -0.39 is 0 Å². The summed E-state index contributed by atoms with van der Waals surface area (Å²) in [6, 6.07) is 0. The molecule has 98 valence electrons. The molecule has 0 unspecified atom stereocenters. The maximum Gasteiger partial charge on any atom is 0.241 e. The maximum atomic E-state index is 11.8. The van der Waals surface area contributed by atoms with Crippen molar-refractivity contribution in [2.24, 2.45) is 0 Å². The zero-order valence-electron chi connectivity index (χ0n) is 11.1. The summed E-state index contributed by atoms with van der Waals surface area (Å²) in [6.07, 6.45) is 1.46. The molecule has 1 aromatic rings. The molecule has 1 fully saturated rings. The molecule has 1 amide bonds. The summed E-state index contributed by atoms with van der Waals surface area (Å²) in [7, 11) is 1.82. The van der Waals surface area contributed by atoms with E-state index >= 15 is 0 Å². The van der Waals surface area contributed by atoms with Crippen LogP contribution in [0, 0.1) is 0 Å². The molecule has 2 heterocycles. The first kappa shape index (κ1) is 12.6. The minimum atomic E-state index is 0.105. The van der Waals surface area contributed by atoms with Crippen molar-refractivity contribution in [3.63, 3.8) is 0 Å². The number of rotatable bonds is 2. The van der Waals surface area contributed by atoms with Crippen LogP contribution in [0.25, 0.3) is 0 Å². The average molecular weight is 249 g/mol. The van der Waals surface area contributed by atoms with E-state index in [0.29, 0.717) is 18.9 Å². The lowest BCUT2D eigenvalue weighted by molar-refractivity contribution is -0.129. The molecule has 2 N–H and O–H groups in total. The van der Waals surface area contributed by atoms with Crippen LogP contribution in [0.3, 0.4) is 0 Å². The predicted octanol–water partition coefficient (Wildman–Crippen LogP) is 0.461. The number of carbonyl (C=O) groups is 1. The highest BCUT2D eigenvalue weighted by Gasteiger charge is 2.25. The van der Waals surface area contributed by atoms with Crippen LogP contribution in [0.15, 0.2) is 6.33 Å². The van der Waals surface area contributed by atoms with Gasteiger partial charge in [-0.25, -0.2) is 9.97 Å². The van der Waals surface area contributed by atoms with Gasteiger partial charge in [-0.05, 0) is 5.92 Å². The fourth-order valence-electron chi connectivity index (χ4n) is 2.14. The summed E-state index contributed by atoms with van der Waals surface area (Å²) in [5.74, 6) is 1.63. The van der Waals surface area contributed by atoms with Crippen LogP contribution < -0.4 is 10.6 Å². The van der Waals surface area contributed by atoms with E-state index in [1.54, 1.807) is 4.90 Å². The largest absolute Gasteiger partial charge is 0.383 e. The first-order chi connectivity index (χ1) is 8.50. The van der Waals surface area contributed by atoms with Gasteiger partial charge in [0, 0.05) is 25.7 Å². The highest BCUT2D eigenvalue weighted by Crippen LogP contribution is 2.29. The summed E-state index contributed by atoms with van der Waals surface area (Å²) < 4.78 is 0. The molecule has 18 heavy (non-hydrogen) atoms. The Bertz CT molecular complexity index is 460. The number of aromatic nitrogens is 2. The Morgan fingerprint density at radius 1 is 1.33 bits per heavy atom. The molecule has 0 aliphatic carbocycles. The van der Waals surface area contributed by atoms with Crippen molar-refractivity contribution < 1.29 is 4.79 Å². The molecule has 0 saturated carbocycles.